The topological polar surface area (TPSA) is 59.0 Å². The third-order valence-corrected chi connectivity index (χ3v) is 5.28. The summed E-state index contributed by atoms with van der Waals surface area (Å²) in [5, 5.41) is 11.0. The van der Waals surface area contributed by atoms with Crippen LogP contribution in [0.15, 0.2) is 24.3 Å². The molecule has 1 aromatic carbocycles. The number of hydrogen-bond acceptors (Lipinski definition) is 4. The summed E-state index contributed by atoms with van der Waals surface area (Å²) in [5.74, 6) is 1.16. The lowest BCUT2D eigenvalue weighted by atomic mass is 9.96. The predicted octanol–water partition coefficient (Wildman–Crippen LogP) is 3.91. The molecule has 0 radical (unpaired) electrons. The lowest BCUT2D eigenvalue weighted by Crippen LogP contribution is -2.46. The van der Waals surface area contributed by atoms with E-state index in [1.54, 1.807) is 7.11 Å². The maximum atomic E-state index is 12.8. The maximum Gasteiger partial charge on any atom is 0.410 e. The van der Waals surface area contributed by atoms with Crippen molar-refractivity contribution in [3.8, 4) is 5.75 Å². The Kier molecular flexibility index (Phi) is 4.96. The highest BCUT2D eigenvalue weighted by atomic mass is 16.6. The van der Waals surface area contributed by atoms with Crippen LogP contribution in [0.4, 0.5) is 4.79 Å². The Labute approximate surface area is 149 Å². The van der Waals surface area contributed by atoms with E-state index < -0.39 is 11.7 Å². The van der Waals surface area contributed by atoms with Gasteiger partial charge in [-0.15, -0.1) is 0 Å². The van der Waals surface area contributed by atoms with Crippen LogP contribution < -0.4 is 4.74 Å². The Morgan fingerprint density at radius 2 is 2.08 bits per heavy atom. The minimum atomic E-state index is -0.742. The van der Waals surface area contributed by atoms with E-state index in [0.29, 0.717) is 11.7 Å². The van der Waals surface area contributed by atoms with Crippen molar-refractivity contribution >= 4 is 6.09 Å². The second kappa shape index (κ2) is 6.87. The SMILES string of the molecule is COc1cccc([C@H](O)[C@H]2C[C@H]3CCC[C@H]3N2C(=O)OC(C)(C)C)c1. The molecule has 0 bridgehead atoms. The van der Waals surface area contributed by atoms with Crippen molar-refractivity contribution in [1.82, 2.24) is 4.90 Å². The van der Waals surface area contributed by atoms with Crippen molar-refractivity contribution < 1.29 is 19.4 Å². The number of aliphatic hydroxyl groups is 1. The van der Waals surface area contributed by atoms with E-state index in [9.17, 15) is 9.90 Å². The number of ether oxygens (including phenoxy) is 2. The molecule has 1 aliphatic heterocycles. The molecule has 5 nitrogen and oxygen atoms in total. The van der Waals surface area contributed by atoms with Crippen molar-refractivity contribution in [3.05, 3.63) is 29.8 Å². The average Bonchev–Trinajstić information content (AvgIpc) is 3.12. The second-order valence-electron chi connectivity index (χ2n) is 8.17. The number of hydrogen-bond donors (Lipinski definition) is 1. The predicted molar refractivity (Wildman–Crippen MR) is 95.6 cm³/mol. The number of nitrogens with zero attached hydrogens (tertiary/aromatic N) is 1. The lowest BCUT2D eigenvalue weighted by Gasteiger charge is -2.34. The molecule has 1 aromatic rings. The van der Waals surface area contributed by atoms with E-state index in [-0.39, 0.29) is 18.2 Å². The fourth-order valence-corrected chi connectivity index (χ4v) is 4.24. The number of aliphatic hydroxyl groups excluding tert-OH is 1. The first-order valence-electron chi connectivity index (χ1n) is 9.13. The van der Waals surface area contributed by atoms with Crippen LogP contribution in [-0.2, 0) is 4.74 Å². The number of fused-ring (bicyclic) bond motifs is 1. The summed E-state index contributed by atoms with van der Waals surface area (Å²) in [6, 6.07) is 7.37. The molecule has 138 valence electrons. The molecule has 1 heterocycles. The van der Waals surface area contributed by atoms with Gasteiger partial charge in [0.25, 0.3) is 0 Å². The molecule has 1 N–H and O–H groups in total. The zero-order valence-electron chi connectivity index (χ0n) is 15.6. The van der Waals surface area contributed by atoms with Gasteiger partial charge in [0.2, 0.25) is 0 Å². The monoisotopic (exact) mass is 347 g/mol. The summed E-state index contributed by atoms with van der Waals surface area (Å²) in [5.41, 5.74) is 0.233. The van der Waals surface area contributed by atoms with Crippen LogP contribution in [0.25, 0.3) is 0 Å². The van der Waals surface area contributed by atoms with Crippen LogP contribution in [0.2, 0.25) is 0 Å². The number of likely N-dealkylation sites (tertiary alicyclic amines) is 1. The molecule has 0 unspecified atom stereocenters. The Bertz CT molecular complexity index is 624. The van der Waals surface area contributed by atoms with Crippen molar-refractivity contribution in [2.75, 3.05) is 7.11 Å². The van der Waals surface area contributed by atoms with Crippen LogP contribution in [0.3, 0.4) is 0 Å². The van der Waals surface area contributed by atoms with Gasteiger partial charge in [0.15, 0.2) is 0 Å². The average molecular weight is 347 g/mol. The Morgan fingerprint density at radius 1 is 1.32 bits per heavy atom. The molecule has 0 aromatic heterocycles. The van der Waals surface area contributed by atoms with Crippen molar-refractivity contribution in [3.63, 3.8) is 0 Å². The fraction of sp³-hybridized carbons (Fsp3) is 0.650. The normalized spacial score (nSPS) is 27.1. The van der Waals surface area contributed by atoms with E-state index >= 15 is 0 Å². The molecule has 25 heavy (non-hydrogen) atoms. The number of benzene rings is 1. The number of amides is 1. The van der Waals surface area contributed by atoms with Crippen molar-refractivity contribution in [1.29, 1.82) is 0 Å². The minimum Gasteiger partial charge on any atom is -0.497 e. The first-order valence-corrected chi connectivity index (χ1v) is 9.13. The molecular formula is C20H29NO4. The van der Waals surface area contributed by atoms with E-state index in [4.69, 9.17) is 9.47 Å². The van der Waals surface area contributed by atoms with Crippen LogP contribution in [0.1, 0.15) is 58.1 Å². The van der Waals surface area contributed by atoms with Gasteiger partial charge in [-0.25, -0.2) is 4.79 Å². The first kappa shape index (κ1) is 18.1. The largest absolute Gasteiger partial charge is 0.497 e. The fourth-order valence-electron chi connectivity index (χ4n) is 4.24. The Hall–Kier alpha value is -1.75. The highest BCUT2D eigenvalue weighted by Gasteiger charge is 2.49. The highest BCUT2D eigenvalue weighted by Crippen LogP contribution is 2.45. The molecule has 5 heteroatoms. The smallest absolute Gasteiger partial charge is 0.410 e. The summed E-state index contributed by atoms with van der Waals surface area (Å²) < 4.78 is 10.9. The van der Waals surface area contributed by atoms with Gasteiger partial charge in [0.1, 0.15) is 11.4 Å². The number of carbonyl (C=O) groups excluding carboxylic acids is 1. The maximum absolute atomic E-state index is 12.8. The quantitative estimate of drug-likeness (QED) is 0.901. The van der Waals surface area contributed by atoms with Gasteiger partial charge in [-0.05, 0) is 63.6 Å². The Balaban J connectivity index is 1.85. The molecule has 1 amide bonds. The van der Waals surface area contributed by atoms with E-state index in [1.807, 2.05) is 49.9 Å². The summed E-state index contributed by atoms with van der Waals surface area (Å²) in [4.78, 5) is 14.7. The summed E-state index contributed by atoms with van der Waals surface area (Å²) >= 11 is 0. The van der Waals surface area contributed by atoms with Gasteiger partial charge >= 0.3 is 6.09 Å². The first-order chi connectivity index (χ1) is 11.8. The molecule has 3 rings (SSSR count). The zero-order valence-corrected chi connectivity index (χ0v) is 15.6. The van der Waals surface area contributed by atoms with Crippen LogP contribution >= 0.6 is 0 Å². The van der Waals surface area contributed by atoms with Gasteiger partial charge in [0, 0.05) is 6.04 Å². The number of carbonyl (C=O) groups is 1. The number of methoxy groups -OCH3 is 1. The van der Waals surface area contributed by atoms with Gasteiger partial charge in [0.05, 0.1) is 19.3 Å². The van der Waals surface area contributed by atoms with E-state index in [1.165, 1.54) is 0 Å². The highest BCUT2D eigenvalue weighted by molar-refractivity contribution is 5.70. The lowest BCUT2D eigenvalue weighted by molar-refractivity contribution is -0.00502. The molecule has 2 aliphatic rings. The van der Waals surface area contributed by atoms with Crippen LogP contribution in [-0.4, -0.2) is 40.9 Å². The summed E-state index contributed by atoms with van der Waals surface area (Å²) in [7, 11) is 1.61. The van der Waals surface area contributed by atoms with Crippen LogP contribution in [0.5, 0.6) is 5.75 Å². The van der Waals surface area contributed by atoms with E-state index in [2.05, 4.69) is 0 Å². The molecule has 1 saturated heterocycles. The molecule has 1 saturated carbocycles. The van der Waals surface area contributed by atoms with Gasteiger partial charge in [-0.2, -0.15) is 0 Å². The van der Waals surface area contributed by atoms with Crippen LogP contribution in [0, 0.1) is 5.92 Å². The summed E-state index contributed by atoms with van der Waals surface area (Å²) in [6.07, 6.45) is 3.01. The zero-order chi connectivity index (χ0) is 18.2. The molecular weight excluding hydrogens is 318 g/mol. The van der Waals surface area contributed by atoms with Gasteiger partial charge < -0.3 is 14.6 Å². The van der Waals surface area contributed by atoms with Gasteiger partial charge in [-0.1, -0.05) is 18.6 Å². The third kappa shape index (κ3) is 3.76. The number of rotatable bonds is 3. The van der Waals surface area contributed by atoms with E-state index in [0.717, 1.165) is 31.2 Å². The molecule has 0 spiro atoms. The van der Waals surface area contributed by atoms with Gasteiger partial charge in [-0.3, -0.25) is 4.90 Å². The second-order valence-corrected chi connectivity index (χ2v) is 8.17. The Morgan fingerprint density at radius 3 is 2.76 bits per heavy atom. The molecule has 1 aliphatic carbocycles. The third-order valence-electron chi connectivity index (χ3n) is 5.28. The molecule has 2 fully saturated rings. The minimum absolute atomic E-state index is 0.181. The standard InChI is InChI=1S/C20H29NO4/c1-20(2,3)25-19(23)21-16-10-6-7-13(16)12-17(21)18(22)14-8-5-9-15(11-14)24-4/h5,8-9,11,13,16-18,22H,6-7,10,12H2,1-4H3/t13-,16-,17-,18+/m1/s1. The summed E-state index contributed by atoms with van der Waals surface area (Å²) in [6.45, 7) is 5.63. The van der Waals surface area contributed by atoms with Crippen molar-refractivity contribution in [2.45, 2.75) is 70.2 Å². The van der Waals surface area contributed by atoms with Crippen molar-refractivity contribution in [2.24, 2.45) is 5.92 Å². The molecule has 4 atom stereocenters.